The summed E-state index contributed by atoms with van der Waals surface area (Å²) in [4.78, 5) is 10.0. The van der Waals surface area contributed by atoms with Crippen molar-refractivity contribution in [2.45, 2.75) is 6.18 Å². The van der Waals surface area contributed by atoms with Crippen LogP contribution in [0, 0.1) is 67.6 Å². The standard InChI is InChI=1S/C15H10F3NO2.3CO.Cr/c16-15(17,18)13-7-3-11(4-8-13)1-2-12-5-9-14(10-6-12)19(20)21;3*1-2;/h1-10H;;;;/b2-1+;;;;. The minimum absolute atomic E-state index is 0. The molecule has 0 bridgehead atoms. The van der Waals surface area contributed by atoms with Gasteiger partial charge in [-0.15, -0.1) is 0 Å². The molecule has 0 unspecified atom stereocenters. The Labute approximate surface area is 171 Å². The Morgan fingerprint density at radius 2 is 1.29 bits per heavy atom. The molecule has 10 heteroatoms. The minimum Gasteiger partial charge on any atom is 0 e. The van der Waals surface area contributed by atoms with Crippen molar-refractivity contribution >= 4 is 11.8 Å². The molecule has 0 atom stereocenters. The third-order valence-electron chi connectivity index (χ3n) is 2.81. The molecule has 1 aliphatic carbocycles. The first-order valence-electron chi connectivity index (χ1n) is 6.57. The van der Waals surface area contributed by atoms with Gasteiger partial charge in [-0.1, -0.05) is 12.2 Å². The molecule has 28 heavy (non-hydrogen) atoms. The second-order valence-electron chi connectivity index (χ2n) is 4.30. The van der Waals surface area contributed by atoms with Gasteiger partial charge in [-0.05, 0) is 43.4 Å². The second-order valence-corrected chi connectivity index (χ2v) is 4.30. The predicted octanol–water partition coefficient (Wildman–Crippen LogP) is 4.04. The van der Waals surface area contributed by atoms with E-state index in [4.69, 9.17) is 14.0 Å². The Bertz CT molecular complexity index is 632. The number of nitro benzene ring substituents is 1. The van der Waals surface area contributed by atoms with Crippen LogP contribution >= 0.6 is 0 Å². The molecule has 1 aromatic rings. The maximum atomic E-state index is 12.4. The number of benzene rings is 1. The van der Waals surface area contributed by atoms with Crippen molar-refractivity contribution in [1.29, 1.82) is 0 Å². The molecule has 0 aromatic heterocycles. The average Bonchev–Trinajstić information content (AvgIpc) is 2.71. The molecule has 0 spiro atoms. The minimum atomic E-state index is -4.35. The van der Waals surface area contributed by atoms with Gasteiger partial charge >= 0.3 is 40.1 Å². The monoisotopic (exact) mass is 429 g/mol. The summed E-state index contributed by atoms with van der Waals surface area (Å²) in [6.45, 7) is 13.5. The number of hydrogen-bond donors (Lipinski definition) is 0. The van der Waals surface area contributed by atoms with E-state index in [-0.39, 0.29) is 23.0 Å². The molecular weight excluding hydrogens is 419 g/mol. The average molecular weight is 429 g/mol. The summed E-state index contributed by atoms with van der Waals surface area (Å²) in [6, 6.07) is 5.87. The number of non-ortho nitro benzene ring substituents is 1. The van der Waals surface area contributed by atoms with Crippen LogP contribution in [0.4, 0.5) is 18.9 Å². The summed E-state index contributed by atoms with van der Waals surface area (Å²) >= 11 is 0. The van der Waals surface area contributed by atoms with E-state index in [9.17, 15) is 23.3 Å². The molecule has 2 rings (SSSR count). The zero-order valence-electron chi connectivity index (χ0n) is 13.8. The first kappa shape index (κ1) is 30.6. The van der Waals surface area contributed by atoms with Crippen LogP contribution in [0.5, 0.6) is 0 Å². The molecule has 0 aliphatic heterocycles. The molecule has 6 radical (unpaired) electrons. The van der Waals surface area contributed by atoms with Gasteiger partial charge in [-0.25, -0.2) is 0 Å². The van der Waals surface area contributed by atoms with Crippen molar-refractivity contribution in [3.8, 4) is 0 Å². The Balaban J connectivity index is -0.000000815. The van der Waals surface area contributed by atoms with Crippen LogP contribution < -0.4 is 0 Å². The first-order chi connectivity index (χ1) is 12.9. The Morgan fingerprint density at radius 1 is 0.857 bits per heavy atom. The largest absolute Gasteiger partial charge is 0 e. The molecule has 1 aromatic carbocycles. The molecule has 1 aliphatic rings. The summed E-state index contributed by atoms with van der Waals surface area (Å²) in [6.07, 6.45) is 3.72. The van der Waals surface area contributed by atoms with E-state index < -0.39 is 17.0 Å². The van der Waals surface area contributed by atoms with E-state index in [2.05, 4.69) is 20.0 Å². The summed E-state index contributed by atoms with van der Waals surface area (Å²) < 4.78 is 59.7. The molecule has 0 N–H and O–H groups in total. The second kappa shape index (κ2) is 17.0. The van der Waals surface area contributed by atoms with Gasteiger partial charge in [0.25, 0.3) is 5.69 Å². The van der Waals surface area contributed by atoms with Crippen LogP contribution in [0.2, 0.25) is 0 Å². The van der Waals surface area contributed by atoms with Gasteiger partial charge in [0.15, 0.2) is 0 Å². The molecule has 0 heterocycles. The third kappa shape index (κ3) is 11.6. The van der Waals surface area contributed by atoms with Crippen molar-refractivity contribution in [3.63, 3.8) is 0 Å². The zero-order chi connectivity index (χ0) is 21.5. The number of hydrogen-bond acceptors (Lipinski definition) is 2. The van der Waals surface area contributed by atoms with E-state index in [1.807, 2.05) is 0 Å². The molecule has 1 fully saturated rings. The van der Waals surface area contributed by atoms with Crippen LogP contribution in [-0.4, -0.2) is 11.1 Å². The Hall–Kier alpha value is -2.10. The summed E-state index contributed by atoms with van der Waals surface area (Å²) in [5.41, 5.74) is 0.710. The maximum Gasteiger partial charge on any atom is 0 e. The van der Waals surface area contributed by atoms with Crippen molar-refractivity contribution in [3.05, 3.63) is 103 Å². The third-order valence-corrected chi connectivity index (χ3v) is 2.81. The molecule has 6 nitrogen and oxygen atoms in total. The zero-order valence-corrected chi connectivity index (χ0v) is 15.1. The molecule has 1 saturated carbocycles. The molecule has 144 valence electrons. The van der Waals surface area contributed by atoms with Gasteiger partial charge < -0.3 is 0 Å². The van der Waals surface area contributed by atoms with E-state index in [1.54, 1.807) is 24.3 Å². The van der Waals surface area contributed by atoms with Gasteiger partial charge in [0.05, 0.1) is 10.8 Å². The molecular formula is C18H10CrF3NO5. The predicted molar refractivity (Wildman–Crippen MR) is 83.7 cm³/mol. The van der Waals surface area contributed by atoms with Gasteiger partial charge in [-0.2, -0.15) is 13.2 Å². The summed E-state index contributed by atoms with van der Waals surface area (Å²) in [5.74, 6) is -0.0867. The van der Waals surface area contributed by atoms with Gasteiger partial charge in [0.1, 0.15) is 0 Å². The Kier molecular flexibility index (Phi) is 18.6. The van der Waals surface area contributed by atoms with E-state index in [0.29, 0.717) is 5.92 Å². The van der Waals surface area contributed by atoms with E-state index in [0.717, 1.165) is 18.4 Å². The SMILES string of the molecule is O=[N+]([O-])c1ccc(/C=C/[C]2[CH][CH][C](C(F)(F)F)[CH][CH]2)cc1.[C-]#[O+].[C-]#[O+].[C-]#[O+].[Cr]. The van der Waals surface area contributed by atoms with Crippen molar-refractivity contribution in [1.82, 2.24) is 0 Å². The fourth-order valence-corrected chi connectivity index (χ4v) is 1.68. The number of nitrogens with zero attached hydrogens (tertiary/aromatic N) is 1. The number of rotatable bonds is 3. The normalized spacial score (nSPS) is 13.9. The van der Waals surface area contributed by atoms with Crippen LogP contribution in [0.25, 0.3) is 6.08 Å². The summed E-state index contributed by atoms with van der Waals surface area (Å²) in [5, 5.41) is 10.5. The van der Waals surface area contributed by atoms with Crippen molar-refractivity contribution < 1.29 is 49.4 Å². The number of nitro groups is 1. The smallest absolute Gasteiger partial charge is 0 e. The van der Waals surface area contributed by atoms with E-state index in [1.165, 1.54) is 25.0 Å². The first-order valence-corrected chi connectivity index (χ1v) is 6.57. The van der Waals surface area contributed by atoms with E-state index >= 15 is 0 Å². The topological polar surface area (TPSA) is 103 Å². The van der Waals surface area contributed by atoms with Crippen molar-refractivity contribution in [2.24, 2.45) is 0 Å². The quantitative estimate of drug-likeness (QED) is 0.313. The van der Waals surface area contributed by atoms with Gasteiger partial charge in [-0.3, -0.25) is 10.1 Å². The van der Waals surface area contributed by atoms with Gasteiger partial charge in [0, 0.05) is 35.4 Å². The fraction of sp³-hybridized carbons (Fsp3) is 0.0556. The van der Waals surface area contributed by atoms with Crippen LogP contribution in [0.1, 0.15) is 5.56 Å². The molecule has 0 amide bonds. The van der Waals surface area contributed by atoms with Crippen LogP contribution in [0.3, 0.4) is 0 Å². The Morgan fingerprint density at radius 3 is 1.64 bits per heavy atom. The summed E-state index contributed by atoms with van der Waals surface area (Å²) in [7, 11) is 0. The fourth-order valence-electron chi connectivity index (χ4n) is 1.68. The number of halogens is 3. The molecule has 0 saturated heterocycles. The number of alkyl halides is 3. The maximum absolute atomic E-state index is 12.4. The van der Waals surface area contributed by atoms with Crippen LogP contribution in [0.15, 0.2) is 30.3 Å². The van der Waals surface area contributed by atoms with Crippen molar-refractivity contribution in [2.75, 3.05) is 0 Å². The van der Waals surface area contributed by atoms with Crippen LogP contribution in [-0.2, 0) is 31.3 Å². The number of allylic oxidation sites excluding steroid dienone is 1. The van der Waals surface area contributed by atoms with Gasteiger partial charge in [0.2, 0.25) is 0 Å².